The van der Waals surface area contributed by atoms with Crippen LogP contribution in [0.3, 0.4) is 0 Å². The molecule has 4 aromatic carbocycles. The van der Waals surface area contributed by atoms with Gasteiger partial charge in [0.05, 0.1) is 17.8 Å². The monoisotopic (exact) mass is 795 g/mol. The van der Waals surface area contributed by atoms with E-state index < -0.39 is 64.6 Å². The highest BCUT2D eigenvalue weighted by Gasteiger charge is 2.61. The molecule has 1 saturated heterocycles. The van der Waals surface area contributed by atoms with Crippen LogP contribution in [0.5, 0.6) is 0 Å². The number of benzene rings is 4. The van der Waals surface area contributed by atoms with E-state index in [-0.39, 0.29) is 19.4 Å². The molecule has 1 aliphatic carbocycles. The number of allylic oxidation sites excluding steroid dienone is 1. The van der Waals surface area contributed by atoms with E-state index in [1.807, 2.05) is 97.1 Å². The molecule has 1 aromatic heterocycles. The number of aliphatic carboxylic acids is 1. The molecule has 1 saturated carbocycles. The molecule has 2 aliphatic heterocycles. The predicted octanol–water partition coefficient (Wildman–Crippen LogP) is 7.40. The van der Waals surface area contributed by atoms with Crippen molar-refractivity contribution in [2.45, 2.75) is 95.0 Å². The normalized spacial score (nSPS) is 24.3. The smallest absolute Gasteiger partial charge is 0.408 e. The Labute approximate surface area is 342 Å². The molecule has 3 amide bonds. The molecular weight excluding hydrogens is 747 g/mol. The first-order valence-corrected chi connectivity index (χ1v) is 20.4. The molecule has 3 heterocycles. The van der Waals surface area contributed by atoms with E-state index in [9.17, 15) is 24.3 Å². The number of aromatic nitrogens is 2. The van der Waals surface area contributed by atoms with E-state index >= 15 is 4.79 Å². The van der Waals surface area contributed by atoms with E-state index in [2.05, 4.69) is 10.6 Å². The van der Waals surface area contributed by atoms with Crippen LogP contribution in [0, 0.1) is 5.92 Å². The number of hydrogen-bond donors (Lipinski definition) is 3. The largest absolute Gasteiger partial charge is 0.479 e. The molecular formula is C47H49N5O7. The number of fused-ring (bicyclic) bond motifs is 4. The van der Waals surface area contributed by atoms with Gasteiger partial charge in [0.2, 0.25) is 11.8 Å². The first-order chi connectivity index (χ1) is 28.3. The standard InChI is InChI=1S/C47H49N5O7/c1-46(2,3)59-45(58)49-38-24-8-6-4-5-7-19-31-26-47(31,44(56)57)50-41(53)39-25-32(28-51(39)42(38)54)52-43(55)40(36-23-14-18-30-16-10-12-21-34(30)36)37(27-48-52)35-22-13-17-29-15-9-11-20-33(29)35/h7,9-23,27,31-32,38-39H,4-6,8,24-26,28H2,1-3H3,(H,49,58)(H,50,53)(H,56,57)/b19-7-/t31-,32-,38+,39+,47-/m1/s1. The lowest BCUT2D eigenvalue weighted by Gasteiger charge is -2.30. The molecule has 0 spiro atoms. The van der Waals surface area contributed by atoms with Crippen molar-refractivity contribution in [3.63, 3.8) is 0 Å². The summed E-state index contributed by atoms with van der Waals surface area (Å²) in [6.07, 6.45) is 8.14. The number of nitrogens with zero attached hydrogens (tertiary/aromatic N) is 3. The van der Waals surface area contributed by atoms with Gasteiger partial charge in [-0.3, -0.25) is 14.4 Å². The van der Waals surface area contributed by atoms with Crippen molar-refractivity contribution in [3.05, 3.63) is 114 Å². The van der Waals surface area contributed by atoms with Crippen LogP contribution < -0.4 is 16.2 Å². The number of carboxylic acid groups (broad SMARTS) is 1. The minimum atomic E-state index is -1.51. The van der Waals surface area contributed by atoms with Gasteiger partial charge in [0.25, 0.3) is 5.56 Å². The van der Waals surface area contributed by atoms with Crippen LogP contribution in [-0.2, 0) is 19.1 Å². The van der Waals surface area contributed by atoms with Crippen LogP contribution in [0.2, 0.25) is 0 Å². The van der Waals surface area contributed by atoms with Gasteiger partial charge in [-0.15, -0.1) is 0 Å². The average Bonchev–Trinajstić information content (AvgIpc) is 3.73. The highest BCUT2D eigenvalue weighted by molar-refractivity contribution is 6.04. The number of hydrogen-bond acceptors (Lipinski definition) is 7. The highest BCUT2D eigenvalue weighted by Crippen LogP contribution is 2.46. The molecule has 5 atom stereocenters. The van der Waals surface area contributed by atoms with Crippen molar-refractivity contribution < 1.29 is 29.0 Å². The summed E-state index contributed by atoms with van der Waals surface area (Å²) in [7, 11) is 0. The summed E-state index contributed by atoms with van der Waals surface area (Å²) in [6, 6.07) is 24.6. The minimum absolute atomic E-state index is 0.0115. The summed E-state index contributed by atoms with van der Waals surface area (Å²) in [5.41, 5.74) is -0.115. The molecule has 3 N–H and O–H groups in total. The fourth-order valence-electron chi connectivity index (χ4n) is 8.80. The van der Waals surface area contributed by atoms with Gasteiger partial charge in [-0.05, 0) is 79.1 Å². The third-order valence-electron chi connectivity index (χ3n) is 11.8. The fraction of sp³-hybridized carbons (Fsp3) is 0.362. The SMILES string of the molecule is CC(C)(C)OC(=O)N[C@H]1CCCCC/C=C\[C@@H]2C[C@@]2(C(=O)O)NC(=O)[C@@H]2C[C@@H](n3ncc(-c4cccc5ccccc45)c(-c4cccc5ccccc45)c3=O)CN2C1=O. The van der Waals surface area contributed by atoms with Gasteiger partial charge in [0.1, 0.15) is 23.2 Å². The number of amides is 3. The number of nitrogens with one attached hydrogen (secondary N) is 2. The first kappa shape index (κ1) is 39.5. The van der Waals surface area contributed by atoms with E-state index in [0.717, 1.165) is 46.4 Å². The third kappa shape index (κ3) is 7.83. The lowest BCUT2D eigenvalue weighted by atomic mass is 9.91. The second-order valence-corrected chi connectivity index (χ2v) is 17.0. The van der Waals surface area contributed by atoms with Gasteiger partial charge < -0.3 is 25.4 Å². The van der Waals surface area contributed by atoms with Crippen LogP contribution in [0.1, 0.15) is 71.8 Å². The summed E-state index contributed by atoms with van der Waals surface area (Å²) in [6.45, 7) is 5.12. The van der Waals surface area contributed by atoms with E-state index in [4.69, 9.17) is 9.84 Å². The van der Waals surface area contributed by atoms with Gasteiger partial charge in [-0.2, -0.15) is 5.10 Å². The number of carbonyl (C=O) groups excluding carboxylic acids is 3. The second-order valence-electron chi connectivity index (χ2n) is 17.0. The Morgan fingerprint density at radius 1 is 0.864 bits per heavy atom. The van der Waals surface area contributed by atoms with Crippen molar-refractivity contribution >= 4 is 45.4 Å². The number of ether oxygens (including phenoxy) is 1. The van der Waals surface area contributed by atoms with Gasteiger partial charge in [-0.1, -0.05) is 110 Å². The molecule has 12 heteroatoms. The van der Waals surface area contributed by atoms with Gasteiger partial charge in [0.15, 0.2) is 0 Å². The quantitative estimate of drug-likeness (QED) is 0.155. The van der Waals surface area contributed by atoms with Crippen LogP contribution in [0.25, 0.3) is 43.8 Å². The van der Waals surface area contributed by atoms with Gasteiger partial charge in [0, 0.05) is 24.4 Å². The average molecular weight is 796 g/mol. The molecule has 2 fully saturated rings. The van der Waals surface area contributed by atoms with Crippen LogP contribution in [0.4, 0.5) is 4.79 Å². The van der Waals surface area contributed by atoms with Crippen molar-refractivity contribution in [2.24, 2.45) is 5.92 Å². The summed E-state index contributed by atoms with van der Waals surface area (Å²) in [5.74, 6) is -2.70. The molecule has 0 unspecified atom stereocenters. The molecule has 0 bridgehead atoms. The Kier molecular flexibility index (Phi) is 10.6. The van der Waals surface area contributed by atoms with Gasteiger partial charge >= 0.3 is 12.1 Å². The Morgan fingerprint density at radius 3 is 2.22 bits per heavy atom. The summed E-state index contributed by atoms with van der Waals surface area (Å²) in [4.78, 5) is 71.5. The zero-order valence-electron chi connectivity index (χ0n) is 33.5. The zero-order chi connectivity index (χ0) is 41.5. The maximum atomic E-state index is 15.2. The van der Waals surface area contributed by atoms with Crippen molar-refractivity contribution in [3.8, 4) is 22.3 Å². The van der Waals surface area contributed by atoms with Crippen molar-refractivity contribution in [2.75, 3.05) is 6.54 Å². The predicted molar refractivity (Wildman–Crippen MR) is 226 cm³/mol. The van der Waals surface area contributed by atoms with Crippen LogP contribution in [0.15, 0.2) is 108 Å². The Balaban J connectivity index is 1.24. The molecule has 8 rings (SSSR count). The Hall–Kier alpha value is -6.30. The van der Waals surface area contributed by atoms with Crippen LogP contribution >= 0.6 is 0 Å². The molecule has 12 nitrogen and oxygen atoms in total. The molecule has 0 radical (unpaired) electrons. The van der Waals surface area contributed by atoms with E-state index in [1.54, 1.807) is 27.0 Å². The van der Waals surface area contributed by atoms with Crippen molar-refractivity contribution in [1.82, 2.24) is 25.3 Å². The molecule has 304 valence electrons. The topological polar surface area (TPSA) is 160 Å². The zero-order valence-corrected chi connectivity index (χ0v) is 33.5. The minimum Gasteiger partial charge on any atom is -0.479 e. The summed E-state index contributed by atoms with van der Waals surface area (Å²) < 4.78 is 6.91. The number of rotatable bonds is 5. The Morgan fingerprint density at radius 2 is 1.53 bits per heavy atom. The highest BCUT2D eigenvalue weighted by atomic mass is 16.6. The lowest BCUT2D eigenvalue weighted by molar-refractivity contribution is -0.145. The molecule has 3 aliphatic rings. The van der Waals surface area contributed by atoms with Gasteiger partial charge in [-0.25, -0.2) is 14.3 Å². The first-order valence-electron chi connectivity index (χ1n) is 20.4. The third-order valence-corrected chi connectivity index (χ3v) is 11.8. The number of carboxylic acids is 1. The van der Waals surface area contributed by atoms with Crippen LogP contribution in [-0.4, -0.2) is 73.4 Å². The Bertz CT molecular complexity index is 2550. The maximum Gasteiger partial charge on any atom is 0.408 e. The van der Waals surface area contributed by atoms with E-state index in [0.29, 0.717) is 29.5 Å². The second kappa shape index (κ2) is 15.8. The summed E-state index contributed by atoms with van der Waals surface area (Å²) in [5, 5.41) is 24.5. The van der Waals surface area contributed by atoms with Crippen molar-refractivity contribution in [1.29, 1.82) is 0 Å². The number of alkyl carbamates (subject to hydrolysis) is 1. The lowest BCUT2D eigenvalue weighted by Crippen LogP contribution is -2.56. The fourth-order valence-corrected chi connectivity index (χ4v) is 8.80. The molecule has 59 heavy (non-hydrogen) atoms. The van der Waals surface area contributed by atoms with E-state index in [1.165, 1.54) is 9.58 Å². The molecule has 5 aromatic rings. The number of carbonyl (C=O) groups is 4. The summed E-state index contributed by atoms with van der Waals surface area (Å²) >= 11 is 0. The maximum absolute atomic E-state index is 15.2.